The molecule has 1 aliphatic carbocycles. The molecule has 10 heavy (non-hydrogen) atoms. The fraction of sp³-hybridized carbons (Fsp3) is 1.00. The standard InChI is InChI=1S/C8H18N2/c1-10-6-7-4-2-3-5-8(7)9/h7-8,10H,2-6,9H2,1H3/t7-,8+/m0/s1. The lowest BCUT2D eigenvalue weighted by Crippen LogP contribution is -2.38. The van der Waals surface area contributed by atoms with E-state index in [0.29, 0.717) is 6.04 Å². The summed E-state index contributed by atoms with van der Waals surface area (Å²) in [7, 11) is 2.00. The lowest BCUT2D eigenvalue weighted by Gasteiger charge is -2.28. The summed E-state index contributed by atoms with van der Waals surface area (Å²) in [5.41, 5.74) is 5.93. The third-order valence-electron chi connectivity index (χ3n) is 2.43. The first-order chi connectivity index (χ1) is 4.84. The van der Waals surface area contributed by atoms with Crippen LogP contribution in [-0.4, -0.2) is 19.6 Å². The zero-order valence-electron chi connectivity index (χ0n) is 6.77. The summed E-state index contributed by atoms with van der Waals surface area (Å²) >= 11 is 0. The van der Waals surface area contributed by atoms with E-state index in [-0.39, 0.29) is 0 Å². The van der Waals surface area contributed by atoms with Crippen LogP contribution in [0.1, 0.15) is 25.7 Å². The van der Waals surface area contributed by atoms with E-state index in [1.54, 1.807) is 0 Å². The van der Waals surface area contributed by atoms with Crippen LogP contribution < -0.4 is 11.1 Å². The summed E-state index contributed by atoms with van der Waals surface area (Å²) in [6, 6.07) is 0.459. The van der Waals surface area contributed by atoms with Crippen LogP contribution in [-0.2, 0) is 0 Å². The van der Waals surface area contributed by atoms with Gasteiger partial charge in [0.15, 0.2) is 0 Å². The summed E-state index contributed by atoms with van der Waals surface area (Å²) in [5.74, 6) is 0.735. The molecule has 2 nitrogen and oxygen atoms in total. The minimum absolute atomic E-state index is 0.459. The van der Waals surface area contributed by atoms with Gasteiger partial charge in [0, 0.05) is 6.04 Å². The number of rotatable bonds is 2. The molecule has 0 bridgehead atoms. The molecule has 2 atom stereocenters. The van der Waals surface area contributed by atoms with Gasteiger partial charge in [0.25, 0.3) is 0 Å². The van der Waals surface area contributed by atoms with Crippen molar-refractivity contribution < 1.29 is 0 Å². The van der Waals surface area contributed by atoms with E-state index >= 15 is 0 Å². The van der Waals surface area contributed by atoms with Crippen molar-refractivity contribution >= 4 is 0 Å². The van der Waals surface area contributed by atoms with E-state index in [1.165, 1.54) is 25.7 Å². The van der Waals surface area contributed by atoms with E-state index < -0.39 is 0 Å². The fourth-order valence-corrected chi connectivity index (χ4v) is 1.75. The zero-order chi connectivity index (χ0) is 7.40. The first-order valence-electron chi connectivity index (χ1n) is 4.24. The van der Waals surface area contributed by atoms with Crippen molar-refractivity contribution in [1.82, 2.24) is 5.32 Å². The van der Waals surface area contributed by atoms with Crippen LogP contribution in [0, 0.1) is 5.92 Å². The zero-order valence-corrected chi connectivity index (χ0v) is 6.77. The predicted molar refractivity (Wildman–Crippen MR) is 43.9 cm³/mol. The predicted octanol–water partition coefficient (Wildman–Crippen LogP) is 0.723. The second-order valence-corrected chi connectivity index (χ2v) is 3.27. The first-order valence-corrected chi connectivity index (χ1v) is 4.24. The number of nitrogens with two attached hydrogens (primary N) is 1. The fourth-order valence-electron chi connectivity index (χ4n) is 1.75. The second-order valence-electron chi connectivity index (χ2n) is 3.27. The molecule has 1 rings (SSSR count). The third kappa shape index (κ3) is 1.96. The molecular formula is C8H18N2. The van der Waals surface area contributed by atoms with Crippen molar-refractivity contribution in [2.45, 2.75) is 31.7 Å². The largest absolute Gasteiger partial charge is 0.327 e. The molecule has 60 valence electrons. The van der Waals surface area contributed by atoms with Crippen molar-refractivity contribution in [3.05, 3.63) is 0 Å². The minimum atomic E-state index is 0.459. The van der Waals surface area contributed by atoms with Gasteiger partial charge < -0.3 is 11.1 Å². The second kappa shape index (κ2) is 3.94. The highest BCUT2D eigenvalue weighted by atomic mass is 14.8. The summed E-state index contributed by atoms with van der Waals surface area (Å²) < 4.78 is 0. The topological polar surface area (TPSA) is 38.0 Å². The lowest BCUT2D eigenvalue weighted by molar-refractivity contribution is 0.302. The number of nitrogens with one attached hydrogen (secondary N) is 1. The molecule has 3 N–H and O–H groups in total. The number of hydrogen-bond donors (Lipinski definition) is 2. The van der Waals surface area contributed by atoms with Crippen LogP contribution in [0.15, 0.2) is 0 Å². The highest BCUT2D eigenvalue weighted by Gasteiger charge is 2.20. The number of hydrogen-bond acceptors (Lipinski definition) is 2. The molecule has 1 fully saturated rings. The Labute approximate surface area is 63.2 Å². The Bertz CT molecular complexity index is 91.3. The van der Waals surface area contributed by atoms with Gasteiger partial charge in [-0.3, -0.25) is 0 Å². The Hall–Kier alpha value is -0.0800. The average molecular weight is 142 g/mol. The van der Waals surface area contributed by atoms with E-state index in [0.717, 1.165) is 12.5 Å². The van der Waals surface area contributed by atoms with E-state index in [2.05, 4.69) is 5.32 Å². The highest BCUT2D eigenvalue weighted by molar-refractivity contribution is 4.78. The van der Waals surface area contributed by atoms with Gasteiger partial charge in [-0.25, -0.2) is 0 Å². The van der Waals surface area contributed by atoms with Crippen LogP contribution in [0.4, 0.5) is 0 Å². The van der Waals surface area contributed by atoms with Gasteiger partial charge >= 0.3 is 0 Å². The molecule has 0 aromatic rings. The SMILES string of the molecule is CNC[C@@H]1CCCC[C@H]1N. The van der Waals surface area contributed by atoms with Crippen LogP contribution >= 0.6 is 0 Å². The van der Waals surface area contributed by atoms with Crippen LogP contribution in [0.3, 0.4) is 0 Å². The Morgan fingerprint density at radius 1 is 1.40 bits per heavy atom. The Morgan fingerprint density at radius 3 is 2.70 bits per heavy atom. The van der Waals surface area contributed by atoms with Gasteiger partial charge in [0.1, 0.15) is 0 Å². The molecule has 0 saturated heterocycles. The molecule has 1 aliphatic rings. The molecule has 0 amide bonds. The van der Waals surface area contributed by atoms with E-state index in [1.807, 2.05) is 7.05 Å². The van der Waals surface area contributed by atoms with Gasteiger partial charge in [-0.2, -0.15) is 0 Å². The molecule has 2 heteroatoms. The maximum absolute atomic E-state index is 5.93. The van der Waals surface area contributed by atoms with Gasteiger partial charge in [0.2, 0.25) is 0 Å². The first kappa shape index (κ1) is 8.02. The van der Waals surface area contributed by atoms with E-state index in [9.17, 15) is 0 Å². The molecule has 0 unspecified atom stereocenters. The van der Waals surface area contributed by atoms with Crippen molar-refractivity contribution in [2.24, 2.45) is 11.7 Å². The molecule has 0 aliphatic heterocycles. The van der Waals surface area contributed by atoms with Crippen molar-refractivity contribution in [1.29, 1.82) is 0 Å². The molecule has 0 heterocycles. The molecule has 0 aromatic heterocycles. The Kier molecular flexibility index (Phi) is 3.16. The van der Waals surface area contributed by atoms with Crippen molar-refractivity contribution in [3.8, 4) is 0 Å². The molecule has 0 spiro atoms. The summed E-state index contributed by atoms with van der Waals surface area (Å²) in [6.45, 7) is 1.10. The van der Waals surface area contributed by atoms with Crippen molar-refractivity contribution in [3.63, 3.8) is 0 Å². The summed E-state index contributed by atoms with van der Waals surface area (Å²) in [5, 5.41) is 3.19. The average Bonchev–Trinajstić information content (AvgIpc) is 1.94. The summed E-state index contributed by atoms with van der Waals surface area (Å²) in [6.07, 6.45) is 5.26. The Balaban J connectivity index is 2.25. The molecule has 1 saturated carbocycles. The maximum Gasteiger partial charge on any atom is 0.00792 e. The third-order valence-corrected chi connectivity index (χ3v) is 2.43. The maximum atomic E-state index is 5.93. The quantitative estimate of drug-likeness (QED) is 0.596. The van der Waals surface area contributed by atoms with Gasteiger partial charge in [-0.15, -0.1) is 0 Å². The van der Waals surface area contributed by atoms with Gasteiger partial charge in [-0.1, -0.05) is 12.8 Å². The lowest BCUT2D eigenvalue weighted by atomic mass is 9.85. The van der Waals surface area contributed by atoms with E-state index in [4.69, 9.17) is 5.73 Å². The van der Waals surface area contributed by atoms with Crippen LogP contribution in [0.5, 0.6) is 0 Å². The minimum Gasteiger partial charge on any atom is -0.327 e. The molecule has 0 radical (unpaired) electrons. The highest BCUT2D eigenvalue weighted by Crippen LogP contribution is 2.21. The monoisotopic (exact) mass is 142 g/mol. The van der Waals surface area contributed by atoms with Gasteiger partial charge in [-0.05, 0) is 32.4 Å². The van der Waals surface area contributed by atoms with Crippen molar-refractivity contribution in [2.75, 3.05) is 13.6 Å². The smallest absolute Gasteiger partial charge is 0.00792 e. The van der Waals surface area contributed by atoms with Crippen LogP contribution in [0.2, 0.25) is 0 Å². The van der Waals surface area contributed by atoms with Gasteiger partial charge in [0.05, 0.1) is 0 Å². The van der Waals surface area contributed by atoms with Crippen LogP contribution in [0.25, 0.3) is 0 Å². The molecule has 0 aromatic carbocycles. The Morgan fingerprint density at radius 2 is 2.10 bits per heavy atom. The molecular weight excluding hydrogens is 124 g/mol. The normalized spacial score (nSPS) is 34.2. The summed E-state index contributed by atoms with van der Waals surface area (Å²) in [4.78, 5) is 0.